The predicted molar refractivity (Wildman–Crippen MR) is 125 cm³/mol. The van der Waals surface area contributed by atoms with Crippen molar-refractivity contribution < 1.29 is 23.7 Å². The third-order valence-corrected chi connectivity index (χ3v) is 6.03. The quantitative estimate of drug-likeness (QED) is 0.232. The van der Waals surface area contributed by atoms with Gasteiger partial charge in [-0.1, -0.05) is 17.7 Å². The van der Waals surface area contributed by atoms with Gasteiger partial charge in [-0.3, -0.25) is 24.6 Å². The van der Waals surface area contributed by atoms with Gasteiger partial charge in [0.05, 0.1) is 16.4 Å². The Kier molecular flexibility index (Phi) is 6.52. The summed E-state index contributed by atoms with van der Waals surface area (Å²) in [4.78, 5) is 36.9. The highest BCUT2D eigenvalue weighted by atomic mass is 35.5. The summed E-state index contributed by atoms with van der Waals surface area (Å²) in [5.74, 6) is 0.938. The van der Waals surface area contributed by atoms with E-state index in [1.807, 2.05) is 6.92 Å². The lowest BCUT2D eigenvalue weighted by molar-refractivity contribution is -0.384. The van der Waals surface area contributed by atoms with Gasteiger partial charge in [-0.15, -0.1) is 0 Å². The smallest absolute Gasteiger partial charge is 0.293 e. The zero-order valence-corrected chi connectivity index (χ0v) is 18.9. The molecule has 0 atom stereocenters. The largest absolute Gasteiger partial charge is 0.492 e. The number of thioether (sulfide) groups is 1. The number of aryl methyl sites for hydroxylation is 1. The Labute approximate surface area is 197 Å². The minimum absolute atomic E-state index is 0.0458. The number of imide groups is 1. The zero-order chi connectivity index (χ0) is 23.5. The highest BCUT2D eigenvalue weighted by Gasteiger charge is 2.35. The third-order valence-electron chi connectivity index (χ3n) is 4.87. The summed E-state index contributed by atoms with van der Waals surface area (Å²) in [6.07, 6.45) is 1.49. The summed E-state index contributed by atoms with van der Waals surface area (Å²) in [6.45, 7) is 2.06. The van der Waals surface area contributed by atoms with Crippen LogP contribution in [0.25, 0.3) is 17.4 Å². The second-order valence-corrected chi connectivity index (χ2v) is 8.52. The number of halogens is 1. The second-order valence-electron chi connectivity index (χ2n) is 7.09. The van der Waals surface area contributed by atoms with Gasteiger partial charge >= 0.3 is 0 Å². The van der Waals surface area contributed by atoms with Crippen LogP contribution in [0.5, 0.6) is 5.75 Å². The van der Waals surface area contributed by atoms with E-state index in [0.29, 0.717) is 27.9 Å². The summed E-state index contributed by atoms with van der Waals surface area (Å²) in [7, 11) is 0. The van der Waals surface area contributed by atoms with Crippen molar-refractivity contribution in [1.82, 2.24) is 4.90 Å². The Balaban J connectivity index is 1.45. The van der Waals surface area contributed by atoms with Gasteiger partial charge in [0.25, 0.3) is 16.8 Å². The molecule has 0 unspecified atom stereocenters. The maximum atomic E-state index is 12.7. The van der Waals surface area contributed by atoms with Crippen LogP contribution in [0.3, 0.4) is 0 Å². The lowest BCUT2D eigenvalue weighted by Gasteiger charge is -2.13. The first-order chi connectivity index (χ1) is 15.8. The summed E-state index contributed by atoms with van der Waals surface area (Å²) in [6, 6.07) is 14.6. The van der Waals surface area contributed by atoms with Crippen LogP contribution < -0.4 is 4.74 Å². The molecule has 1 aliphatic heterocycles. The molecule has 0 N–H and O–H groups in total. The molecule has 33 heavy (non-hydrogen) atoms. The predicted octanol–water partition coefficient (Wildman–Crippen LogP) is 5.93. The number of rotatable bonds is 7. The van der Waals surface area contributed by atoms with Gasteiger partial charge in [0, 0.05) is 28.8 Å². The van der Waals surface area contributed by atoms with E-state index < -0.39 is 16.1 Å². The van der Waals surface area contributed by atoms with E-state index in [1.54, 1.807) is 42.5 Å². The topological polar surface area (TPSA) is 103 Å². The molecule has 4 rings (SSSR count). The molecule has 0 saturated carbocycles. The monoisotopic (exact) mass is 484 g/mol. The number of amides is 2. The summed E-state index contributed by atoms with van der Waals surface area (Å²) in [5.41, 5.74) is 1.34. The lowest BCUT2D eigenvalue weighted by Crippen LogP contribution is -2.32. The van der Waals surface area contributed by atoms with Crippen LogP contribution in [-0.2, 0) is 4.79 Å². The molecule has 1 saturated heterocycles. The average Bonchev–Trinajstić information content (AvgIpc) is 3.35. The van der Waals surface area contributed by atoms with Crippen LogP contribution >= 0.6 is 23.4 Å². The average molecular weight is 485 g/mol. The second kappa shape index (κ2) is 9.51. The molecule has 168 valence electrons. The number of carbonyl (C=O) groups is 2. The third kappa shape index (κ3) is 5.10. The fourth-order valence-electron chi connectivity index (χ4n) is 3.17. The van der Waals surface area contributed by atoms with Crippen molar-refractivity contribution in [1.29, 1.82) is 0 Å². The van der Waals surface area contributed by atoms with Crippen molar-refractivity contribution >= 4 is 46.3 Å². The molecule has 1 fully saturated rings. The highest BCUT2D eigenvalue weighted by molar-refractivity contribution is 8.18. The van der Waals surface area contributed by atoms with E-state index in [0.717, 1.165) is 22.2 Å². The van der Waals surface area contributed by atoms with Gasteiger partial charge in [0.1, 0.15) is 23.9 Å². The van der Waals surface area contributed by atoms with Crippen molar-refractivity contribution in [2.75, 3.05) is 13.2 Å². The Morgan fingerprint density at radius 2 is 1.91 bits per heavy atom. The van der Waals surface area contributed by atoms with Crippen LogP contribution in [0.2, 0.25) is 5.02 Å². The Bertz CT molecular complexity index is 1270. The molecule has 2 aromatic carbocycles. The molecule has 0 bridgehead atoms. The molecule has 3 aromatic rings. The molecule has 8 nitrogen and oxygen atoms in total. The number of benzene rings is 2. The number of hydrogen-bond donors (Lipinski definition) is 0. The van der Waals surface area contributed by atoms with Crippen molar-refractivity contribution in [3.8, 4) is 17.1 Å². The van der Waals surface area contributed by atoms with E-state index >= 15 is 0 Å². The number of hydrogen-bond acceptors (Lipinski definition) is 7. The minimum Gasteiger partial charge on any atom is -0.492 e. The summed E-state index contributed by atoms with van der Waals surface area (Å²) < 4.78 is 11.3. The van der Waals surface area contributed by atoms with Gasteiger partial charge in [-0.25, -0.2) is 0 Å². The molecular formula is C23H17ClN2O6S. The lowest BCUT2D eigenvalue weighted by atomic mass is 10.1. The summed E-state index contributed by atoms with van der Waals surface area (Å²) >= 11 is 6.65. The number of furan rings is 1. The molecule has 0 radical (unpaired) electrons. The normalized spacial score (nSPS) is 14.8. The van der Waals surface area contributed by atoms with E-state index in [2.05, 4.69) is 0 Å². The molecule has 2 heterocycles. The zero-order valence-electron chi connectivity index (χ0n) is 17.3. The van der Waals surface area contributed by atoms with Crippen LogP contribution in [0, 0.1) is 17.0 Å². The molecule has 10 heteroatoms. The number of nitrogens with zero attached hydrogens (tertiary/aromatic N) is 2. The SMILES string of the molecule is Cc1ccc([N+](=O)[O-])cc1-c1ccc(/C=C2\SC(=O)N(CCOc3ccc(Cl)cc3)C2=O)o1. The summed E-state index contributed by atoms with van der Waals surface area (Å²) in [5, 5.41) is 11.3. The molecular weight excluding hydrogens is 468 g/mol. The molecule has 0 aliphatic carbocycles. The number of nitro groups is 1. The minimum atomic E-state index is -0.473. The van der Waals surface area contributed by atoms with E-state index in [4.69, 9.17) is 20.8 Å². The van der Waals surface area contributed by atoms with E-state index in [1.165, 1.54) is 18.2 Å². The molecule has 1 aliphatic rings. The van der Waals surface area contributed by atoms with Crippen molar-refractivity contribution in [2.24, 2.45) is 0 Å². The maximum Gasteiger partial charge on any atom is 0.293 e. The van der Waals surface area contributed by atoms with Crippen molar-refractivity contribution in [2.45, 2.75) is 6.92 Å². The van der Waals surface area contributed by atoms with Crippen molar-refractivity contribution in [3.63, 3.8) is 0 Å². The number of non-ortho nitro benzene ring substituents is 1. The van der Waals surface area contributed by atoms with Gasteiger partial charge in [-0.05, 0) is 60.6 Å². The molecule has 0 spiro atoms. The Morgan fingerprint density at radius 1 is 1.15 bits per heavy atom. The number of ether oxygens (including phenoxy) is 1. The van der Waals surface area contributed by atoms with Crippen LogP contribution in [0.4, 0.5) is 10.5 Å². The van der Waals surface area contributed by atoms with Crippen molar-refractivity contribution in [3.05, 3.63) is 86.0 Å². The first-order valence-corrected chi connectivity index (χ1v) is 11.0. The van der Waals surface area contributed by atoms with E-state index in [9.17, 15) is 19.7 Å². The fourth-order valence-corrected chi connectivity index (χ4v) is 4.14. The Hall–Kier alpha value is -3.56. The first-order valence-electron chi connectivity index (χ1n) is 9.81. The maximum absolute atomic E-state index is 12.7. The fraction of sp³-hybridized carbons (Fsp3) is 0.130. The standard InChI is InChI=1S/C23H17ClN2O6S/c1-14-2-5-16(26(29)30)12-19(14)20-9-8-18(32-20)13-21-22(27)25(23(28)33-21)10-11-31-17-6-3-15(24)4-7-17/h2-9,12-13H,10-11H2,1H3/b21-13-. The number of nitro benzene ring substituents is 1. The number of carbonyl (C=O) groups excluding carboxylic acids is 2. The Morgan fingerprint density at radius 3 is 2.64 bits per heavy atom. The first kappa shape index (κ1) is 22.6. The van der Waals surface area contributed by atoms with Gasteiger partial charge < -0.3 is 9.15 Å². The van der Waals surface area contributed by atoms with Gasteiger partial charge in [-0.2, -0.15) is 0 Å². The molecule has 1 aromatic heterocycles. The van der Waals surface area contributed by atoms with Gasteiger partial charge in [0.15, 0.2) is 0 Å². The van der Waals surface area contributed by atoms with Gasteiger partial charge in [0.2, 0.25) is 0 Å². The van der Waals surface area contributed by atoms with Crippen LogP contribution in [-0.4, -0.2) is 34.1 Å². The van der Waals surface area contributed by atoms with Crippen LogP contribution in [0.15, 0.2) is 63.9 Å². The van der Waals surface area contributed by atoms with Crippen LogP contribution in [0.1, 0.15) is 11.3 Å². The molecule has 2 amide bonds. The highest BCUT2D eigenvalue weighted by Crippen LogP contribution is 2.34. The van der Waals surface area contributed by atoms with E-state index in [-0.39, 0.29) is 23.7 Å².